The minimum atomic E-state index is -0.480. The third kappa shape index (κ3) is 4.16. The van der Waals surface area contributed by atoms with Gasteiger partial charge in [-0.1, -0.05) is 48.0 Å². The molecular weight excluding hydrogens is 452 g/mol. The summed E-state index contributed by atoms with van der Waals surface area (Å²) in [6.07, 6.45) is 3.33. The van der Waals surface area contributed by atoms with E-state index < -0.39 is 11.8 Å². The average molecular weight is 471 g/mol. The van der Waals surface area contributed by atoms with Crippen LogP contribution in [-0.4, -0.2) is 22.3 Å². The maximum absolute atomic E-state index is 13.0. The quantitative estimate of drug-likeness (QED) is 0.335. The van der Waals surface area contributed by atoms with E-state index in [4.69, 9.17) is 11.6 Å². The molecule has 0 spiro atoms. The highest BCUT2D eigenvalue weighted by atomic mass is 35.5. The fraction of sp³-hybridized carbons (Fsp3) is 0.0385. The van der Waals surface area contributed by atoms with E-state index in [9.17, 15) is 14.4 Å². The zero-order valence-corrected chi connectivity index (χ0v) is 18.6. The molecule has 0 saturated carbocycles. The van der Waals surface area contributed by atoms with Crippen LogP contribution in [0, 0.1) is 0 Å². The number of rotatable bonds is 5. The Kier molecular flexibility index (Phi) is 5.61. The van der Waals surface area contributed by atoms with Crippen LogP contribution in [0.3, 0.4) is 0 Å². The number of para-hydroxylation sites is 2. The second-order valence-electron chi connectivity index (χ2n) is 7.76. The lowest BCUT2D eigenvalue weighted by molar-refractivity contribution is -0.118. The van der Waals surface area contributed by atoms with Gasteiger partial charge in [-0.05, 0) is 48.5 Å². The van der Waals surface area contributed by atoms with Crippen LogP contribution in [0.5, 0.6) is 0 Å². The summed E-state index contributed by atoms with van der Waals surface area (Å²) >= 11 is 5.90. The van der Waals surface area contributed by atoms with Gasteiger partial charge in [0.1, 0.15) is 12.1 Å². The third-order valence-electron chi connectivity index (χ3n) is 5.47. The van der Waals surface area contributed by atoms with E-state index in [1.54, 1.807) is 65.4 Å². The number of benzene rings is 3. The molecule has 1 saturated heterocycles. The normalized spacial score (nSPS) is 14.6. The van der Waals surface area contributed by atoms with Crippen LogP contribution in [0.25, 0.3) is 17.0 Å². The van der Waals surface area contributed by atoms with Gasteiger partial charge >= 0.3 is 0 Å². The minimum absolute atomic E-state index is 0.0253. The highest BCUT2D eigenvalue weighted by Gasteiger charge is 2.34. The molecule has 8 heteroatoms. The van der Waals surface area contributed by atoms with Crippen molar-refractivity contribution in [2.45, 2.75) is 6.54 Å². The smallest absolute Gasteiger partial charge is 0.282 e. The van der Waals surface area contributed by atoms with Crippen molar-refractivity contribution in [3.63, 3.8) is 0 Å². The monoisotopic (exact) mass is 470 g/mol. The highest BCUT2D eigenvalue weighted by Crippen LogP contribution is 2.27. The average Bonchev–Trinajstić information content (AvgIpc) is 3.33. The standard InChI is InChI=1S/C26H19ClN4O3/c27-18-10-12-19(13-11-18)28-24(32)16-30-15-17(21-8-4-5-9-23(21)30)14-22-25(33)29-31(26(22)34)20-6-2-1-3-7-20/h1-15H,16H2,(H,28,32)(H,29,33). The van der Waals surface area contributed by atoms with Gasteiger partial charge in [0.15, 0.2) is 0 Å². The van der Waals surface area contributed by atoms with Crippen molar-refractivity contribution >= 4 is 57.7 Å². The maximum Gasteiger partial charge on any atom is 0.282 e. The number of anilines is 2. The predicted octanol–water partition coefficient (Wildman–Crippen LogP) is 4.39. The van der Waals surface area contributed by atoms with Crippen LogP contribution in [0.15, 0.2) is 90.6 Å². The molecule has 0 radical (unpaired) electrons. The Hall–Kier alpha value is -4.36. The van der Waals surface area contributed by atoms with Gasteiger partial charge in [0, 0.05) is 33.4 Å². The first-order valence-electron chi connectivity index (χ1n) is 10.5. The van der Waals surface area contributed by atoms with Crippen LogP contribution < -0.4 is 15.8 Å². The molecule has 1 aliphatic rings. The zero-order chi connectivity index (χ0) is 23.7. The second-order valence-corrected chi connectivity index (χ2v) is 8.20. The van der Waals surface area contributed by atoms with Crippen molar-refractivity contribution in [3.8, 4) is 0 Å². The summed E-state index contributed by atoms with van der Waals surface area (Å²) in [5.41, 5.74) is 5.33. The topological polar surface area (TPSA) is 83.4 Å². The third-order valence-corrected chi connectivity index (χ3v) is 5.72. The number of aromatic nitrogens is 1. The van der Waals surface area contributed by atoms with Crippen molar-refractivity contribution < 1.29 is 14.4 Å². The number of amides is 3. The molecule has 34 heavy (non-hydrogen) atoms. The molecule has 2 N–H and O–H groups in total. The predicted molar refractivity (Wildman–Crippen MR) is 132 cm³/mol. The Morgan fingerprint density at radius 2 is 1.65 bits per heavy atom. The number of halogens is 1. The molecule has 0 aliphatic carbocycles. The number of hydrogen-bond acceptors (Lipinski definition) is 3. The minimum Gasteiger partial charge on any atom is -0.337 e. The van der Waals surface area contributed by atoms with Gasteiger partial charge in [0.05, 0.1) is 5.69 Å². The van der Waals surface area contributed by atoms with Gasteiger partial charge in [-0.15, -0.1) is 0 Å². The van der Waals surface area contributed by atoms with Gasteiger partial charge in [0.2, 0.25) is 5.91 Å². The number of hydrazine groups is 1. The van der Waals surface area contributed by atoms with E-state index >= 15 is 0 Å². The summed E-state index contributed by atoms with van der Waals surface area (Å²) in [5.74, 6) is -1.13. The van der Waals surface area contributed by atoms with Crippen molar-refractivity contribution in [2.24, 2.45) is 0 Å². The maximum atomic E-state index is 13.0. The molecule has 0 bridgehead atoms. The van der Waals surface area contributed by atoms with E-state index in [1.165, 1.54) is 5.01 Å². The van der Waals surface area contributed by atoms with Crippen molar-refractivity contribution in [3.05, 3.63) is 101 Å². The van der Waals surface area contributed by atoms with Crippen molar-refractivity contribution in [2.75, 3.05) is 10.3 Å². The van der Waals surface area contributed by atoms with E-state index in [-0.39, 0.29) is 18.0 Å². The van der Waals surface area contributed by atoms with Crippen LogP contribution in [0.1, 0.15) is 5.56 Å². The molecular formula is C26H19ClN4O3. The van der Waals surface area contributed by atoms with Crippen molar-refractivity contribution in [1.82, 2.24) is 9.99 Å². The lowest BCUT2D eigenvalue weighted by Crippen LogP contribution is -2.35. The molecule has 4 aromatic rings. The Morgan fingerprint density at radius 3 is 2.41 bits per heavy atom. The number of carbonyl (C=O) groups is 3. The molecule has 168 valence electrons. The van der Waals surface area contributed by atoms with Gasteiger partial charge in [-0.3, -0.25) is 19.8 Å². The number of carbonyl (C=O) groups excluding carboxylic acids is 3. The molecule has 0 atom stereocenters. The van der Waals surface area contributed by atoms with E-state index in [2.05, 4.69) is 10.7 Å². The summed E-state index contributed by atoms with van der Waals surface area (Å²) in [6, 6.07) is 23.3. The molecule has 1 aromatic heterocycles. The van der Waals surface area contributed by atoms with Crippen LogP contribution in [-0.2, 0) is 20.9 Å². The summed E-state index contributed by atoms with van der Waals surface area (Å²) in [5, 5.41) is 5.49. The summed E-state index contributed by atoms with van der Waals surface area (Å²) in [7, 11) is 0. The Balaban J connectivity index is 1.44. The largest absolute Gasteiger partial charge is 0.337 e. The fourth-order valence-electron chi connectivity index (χ4n) is 3.88. The summed E-state index contributed by atoms with van der Waals surface area (Å²) in [4.78, 5) is 38.2. The first-order valence-corrected chi connectivity index (χ1v) is 10.9. The van der Waals surface area contributed by atoms with Gasteiger partial charge in [-0.25, -0.2) is 5.01 Å². The molecule has 1 aliphatic heterocycles. The Bertz CT molecular complexity index is 1440. The van der Waals surface area contributed by atoms with Crippen LogP contribution in [0.4, 0.5) is 11.4 Å². The Morgan fingerprint density at radius 1 is 0.941 bits per heavy atom. The number of fused-ring (bicyclic) bond motifs is 1. The number of nitrogens with one attached hydrogen (secondary N) is 2. The zero-order valence-electron chi connectivity index (χ0n) is 17.9. The first-order chi connectivity index (χ1) is 16.5. The molecule has 2 heterocycles. The summed E-state index contributed by atoms with van der Waals surface area (Å²) < 4.78 is 1.79. The SMILES string of the molecule is O=C(Cn1cc(C=C2C(=O)NN(c3ccccc3)C2=O)c2ccccc21)Nc1ccc(Cl)cc1. The number of hydrogen-bond donors (Lipinski definition) is 2. The molecule has 1 fully saturated rings. The first kappa shape index (κ1) is 21.5. The Labute approximate surface area is 200 Å². The molecule has 5 rings (SSSR count). The van der Waals surface area contributed by atoms with E-state index in [0.717, 1.165) is 10.9 Å². The van der Waals surface area contributed by atoms with Gasteiger partial charge in [0.25, 0.3) is 11.8 Å². The highest BCUT2D eigenvalue weighted by molar-refractivity contribution is 6.32. The van der Waals surface area contributed by atoms with E-state index in [1.807, 2.05) is 30.3 Å². The second kappa shape index (κ2) is 8.88. The fourth-order valence-corrected chi connectivity index (χ4v) is 4.01. The molecule has 7 nitrogen and oxygen atoms in total. The summed E-state index contributed by atoms with van der Waals surface area (Å²) in [6.45, 7) is 0.0581. The van der Waals surface area contributed by atoms with Crippen molar-refractivity contribution in [1.29, 1.82) is 0 Å². The lowest BCUT2D eigenvalue weighted by atomic mass is 10.1. The number of nitrogens with zero attached hydrogens (tertiary/aromatic N) is 2. The lowest BCUT2D eigenvalue weighted by Gasteiger charge is -2.13. The molecule has 3 amide bonds. The van der Waals surface area contributed by atoms with Crippen LogP contribution in [0.2, 0.25) is 5.02 Å². The van der Waals surface area contributed by atoms with Crippen LogP contribution >= 0.6 is 11.6 Å². The van der Waals surface area contributed by atoms with E-state index in [0.29, 0.717) is 22.0 Å². The van der Waals surface area contributed by atoms with Gasteiger partial charge in [-0.2, -0.15) is 0 Å². The molecule has 0 unspecified atom stereocenters. The van der Waals surface area contributed by atoms with Gasteiger partial charge < -0.3 is 9.88 Å². The molecule has 3 aromatic carbocycles.